The van der Waals surface area contributed by atoms with Crippen molar-refractivity contribution in [3.8, 4) is 10.4 Å². The molecule has 0 spiro atoms. The molecule has 1 aliphatic heterocycles. The second-order valence-electron chi connectivity index (χ2n) is 8.39. The highest BCUT2D eigenvalue weighted by molar-refractivity contribution is 7.21. The van der Waals surface area contributed by atoms with Gasteiger partial charge in [-0.05, 0) is 42.4 Å². The van der Waals surface area contributed by atoms with Crippen LogP contribution in [0.15, 0.2) is 71.8 Å². The van der Waals surface area contributed by atoms with Gasteiger partial charge in [0, 0.05) is 42.4 Å². The number of benzene rings is 2. The number of hydrogen-bond donors (Lipinski definition) is 1. The van der Waals surface area contributed by atoms with Crippen molar-refractivity contribution in [1.29, 1.82) is 0 Å². The minimum atomic E-state index is -0.258. The topological polar surface area (TPSA) is 70.5 Å². The molecule has 3 heterocycles. The molecule has 2 aromatic heterocycles. The van der Waals surface area contributed by atoms with Gasteiger partial charge < -0.3 is 15.1 Å². The number of piperazine rings is 1. The van der Waals surface area contributed by atoms with Crippen LogP contribution in [0.5, 0.6) is 0 Å². The fourth-order valence-corrected chi connectivity index (χ4v) is 5.25. The standard InChI is InChI=1S/C26H27N5O2S/c1-2-29-12-14-30(15-13-29)21-10-8-20(9-11-21)28-24(32)17-31-18-27-25-22(26(31)33)16-23(34-25)19-6-4-3-5-7-19/h3-11,16,18H,2,12-15,17H2,1H3,(H,28,32). The van der Waals surface area contributed by atoms with E-state index in [1.807, 2.05) is 60.7 Å². The number of amides is 1. The summed E-state index contributed by atoms with van der Waals surface area (Å²) in [6.45, 7) is 7.35. The van der Waals surface area contributed by atoms with E-state index in [-0.39, 0.29) is 18.0 Å². The van der Waals surface area contributed by atoms with Gasteiger partial charge in [-0.25, -0.2) is 4.98 Å². The van der Waals surface area contributed by atoms with Crippen molar-refractivity contribution in [2.45, 2.75) is 13.5 Å². The summed E-state index contributed by atoms with van der Waals surface area (Å²) in [5.74, 6) is -0.258. The van der Waals surface area contributed by atoms with E-state index in [0.29, 0.717) is 15.9 Å². The number of nitrogens with zero attached hydrogens (tertiary/aromatic N) is 4. The third-order valence-corrected chi connectivity index (χ3v) is 7.32. The Morgan fingerprint density at radius 2 is 1.76 bits per heavy atom. The Balaban J connectivity index is 1.25. The van der Waals surface area contributed by atoms with Crippen molar-refractivity contribution in [3.05, 3.63) is 77.3 Å². The number of carbonyl (C=O) groups is 1. The van der Waals surface area contributed by atoms with Crippen molar-refractivity contribution in [1.82, 2.24) is 14.5 Å². The first-order valence-electron chi connectivity index (χ1n) is 11.5. The van der Waals surface area contributed by atoms with Gasteiger partial charge in [0.05, 0.1) is 11.7 Å². The first kappa shape index (κ1) is 22.3. The summed E-state index contributed by atoms with van der Waals surface area (Å²) in [7, 11) is 0. The van der Waals surface area contributed by atoms with Crippen molar-refractivity contribution in [2.24, 2.45) is 0 Å². The molecule has 1 amide bonds. The molecule has 0 aliphatic carbocycles. The maximum Gasteiger partial charge on any atom is 0.262 e. The van der Waals surface area contributed by atoms with E-state index in [9.17, 15) is 9.59 Å². The van der Waals surface area contributed by atoms with E-state index < -0.39 is 0 Å². The maximum atomic E-state index is 13.0. The number of aromatic nitrogens is 2. The molecule has 34 heavy (non-hydrogen) atoms. The summed E-state index contributed by atoms with van der Waals surface area (Å²) in [4.78, 5) is 36.5. The number of carbonyl (C=O) groups excluding carboxylic acids is 1. The normalized spacial score (nSPS) is 14.4. The van der Waals surface area contributed by atoms with Gasteiger partial charge in [-0.15, -0.1) is 11.3 Å². The molecule has 8 heteroatoms. The van der Waals surface area contributed by atoms with Crippen LogP contribution in [0.4, 0.5) is 11.4 Å². The molecule has 1 fully saturated rings. The predicted octanol–water partition coefficient (Wildman–Crippen LogP) is 3.91. The van der Waals surface area contributed by atoms with Gasteiger partial charge >= 0.3 is 0 Å². The zero-order chi connectivity index (χ0) is 23.5. The molecule has 1 N–H and O–H groups in total. The minimum Gasteiger partial charge on any atom is -0.369 e. The molecule has 0 atom stereocenters. The van der Waals surface area contributed by atoms with Gasteiger partial charge in [0.25, 0.3) is 5.56 Å². The Morgan fingerprint density at radius 3 is 2.47 bits per heavy atom. The molecule has 174 valence electrons. The fraction of sp³-hybridized carbons (Fsp3) is 0.269. The third kappa shape index (κ3) is 4.73. The number of fused-ring (bicyclic) bond motifs is 1. The largest absolute Gasteiger partial charge is 0.369 e. The van der Waals surface area contributed by atoms with Crippen LogP contribution in [0.25, 0.3) is 20.7 Å². The number of likely N-dealkylation sites (N-methyl/N-ethyl adjacent to an activating group) is 1. The average Bonchev–Trinajstić information content (AvgIpc) is 3.32. The molecule has 5 rings (SSSR count). The summed E-state index contributed by atoms with van der Waals surface area (Å²) < 4.78 is 1.36. The summed E-state index contributed by atoms with van der Waals surface area (Å²) in [5, 5.41) is 3.43. The highest BCUT2D eigenvalue weighted by Crippen LogP contribution is 2.30. The van der Waals surface area contributed by atoms with Crippen LogP contribution in [0.2, 0.25) is 0 Å². The van der Waals surface area contributed by atoms with E-state index in [1.165, 1.54) is 22.2 Å². The summed E-state index contributed by atoms with van der Waals surface area (Å²) in [5.41, 5.74) is 2.71. The van der Waals surface area contributed by atoms with Gasteiger partial charge in [0.15, 0.2) is 0 Å². The Morgan fingerprint density at radius 1 is 1.03 bits per heavy atom. The second-order valence-corrected chi connectivity index (χ2v) is 9.42. The van der Waals surface area contributed by atoms with Crippen LogP contribution in [0.3, 0.4) is 0 Å². The van der Waals surface area contributed by atoms with E-state index in [0.717, 1.165) is 48.9 Å². The first-order chi connectivity index (χ1) is 16.6. The number of nitrogens with one attached hydrogen (secondary N) is 1. The third-order valence-electron chi connectivity index (χ3n) is 6.23. The van der Waals surface area contributed by atoms with Gasteiger partial charge in [-0.3, -0.25) is 14.2 Å². The zero-order valence-electron chi connectivity index (χ0n) is 19.1. The molecule has 0 unspecified atom stereocenters. The Hall–Kier alpha value is -3.49. The lowest BCUT2D eigenvalue weighted by Gasteiger charge is -2.35. The highest BCUT2D eigenvalue weighted by Gasteiger charge is 2.16. The number of rotatable bonds is 6. The Bertz CT molecular complexity index is 1340. The highest BCUT2D eigenvalue weighted by atomic mass is 32.1. The van der Waals surface area contributed by atoms with Crippen molar-refractivity contribution >= 4 is 38.8 Å². The van der Waals surface area contributed by atoms with Crippen LogP contribution in [-0.2, 0) is 11.3 Å². The summed E-state index contributed by atoms with van der Waals surface area (Å²) in [6, 6.07) is 19.7. The van der Waals surface area contributed by atoms with Crippen molar-refractivity contribution in [3.63, 3.8) is 0 Å². The molecule has 0 bridgehead atoms. The molecular formula is C26H27N5O2S. The van der Waals surface area contributed by atoms with Gasteiger partial charge in [-0.2, -0.15) is 0 Å². The van der Waals surface area contributed by atoms with Crippen LogP contribution in [-0.4, -0.2) is 53.1 Å². The molecule has 0 radical (unpaired) electrons. The van der Waals surface area contributed by atoms with E-state index in [2.05, 4.69) is 27.0 Å². The smallest absolute Gasteiger partial charge is 0.262 e. The van der Waals surface area contributed by atoms with E-state index >= 15 is 0 Å². The lowest BCUT2D eigenvalue weighted by atomic mass is 10.2. The lowest BCUT2D eigenvalue weighted by Crippen LogP contribution is -2.46. The van der Waals surface area contributed by atoms with Gasteiger partial charge in [0.1, 0.15) is 11.4 Å². The van der Waals surface area contributed by atoms with Crippen molar-refractivity contribution < 1.29 is 4.79 Å². The lowest BCUT2D eigenvalue weighted by molar-refractivity contribution is -0.116. The zero-order valence-corrected chi connectivity index (χ0v) is 19.9. The van der Waals surface area contributed by atoms with Crippen LogP contribution >= 0.6 is 11.3 Å². The van der Waals surface area contributed by atoms with Crippen molar-refractivity contribution in [2.75, 3.05) is 42.9 Å². The molecule has 1 saturated heterocycles. The van der Waals surface area contributed by atoms with Gasteiger partial charge in [-0.1, -0.05) is 37.3 Å². The Labute approximate surface area is 202 Å². The summed E-state index contributed by atoms with van der Waals surface area (Å²) >= 11 is 1.48. The average molecular weight is 474 g/mol. The van der Waals surface area contributed by atoms with Crippen LogP contribution in [0, 0.1) is 0 Å². The number of thiophene rings is 1. The van der Waals surface area contributed by atoms with E-state index in [1.54, 1.807) is 0 Å². The molecule has 1 aliphatic rings. The van der Waals surface area contributed by atoms with Crippen LogP contribution in [0.1, 0.15) is 6.92 Å². The molecule has 7 nitrogen and oxygen atoms in total. The van der Waals surface area contributed by atoms with Crippen LogP contribution < -0.4 is 15.8 Å². The maximum absolute atomic E-state index is 13.0. The second kappa shape index (κ2) is 9.79. The molecule has 0 saturated carbocycles. The predicted molar refractivity (Wildman–Crippen MR) is 139 cm³/mol. The molecule has 2 aromatic carbocycles. The summed E-state index contributed by atoms with van der Waals surface area (Å²) in [6.07, 6.45) is 1.45. The minimum absolute atomic E-state index is 0.0843. The first-order valence-corrected chi connectivity index (χ1v) is 12.3. The Kier molecular flexibility index (Phi) is 6.42. The number of hydrogen-bond acceptors (Lipinski definition) is 6. The number of anilines is 2. The SMILES string of the molecule is CCN1CCN(c2ccc(NC(=O)Cn3cnc4sc(-c5ccccc5)cc4c3=O)cc2)CC1. The molecule has 4 aromatic rings. The van der Waals surface area contributed by atoms with Gasteiger partial charge in [0.2, 0.25) is 5.91 Å². The molecular weight excluding hydrogens is 446 g/mol. The monoisotopic (exact) mass is 473 g/mol. The quantitative estimate of drug-likeness (QED) is 0.460. The fourth-order valence-electron chi connectivity index (χ4n) is 4.25. The van der Waals surface area contributed by atoms with E-state index in [4.69, 9.17) is 0 Å².